The first-order valence-corrected chi connectivity index (χ1v) is 6.61. The number of tetrazole rings is 1. The molecule has 0 bridgehead atoms. The van der Waals surface area contributed by atoms with Crippen LogP contribution in [0.25, 0.3) is 11.4 Å². The fraction of sp³-hybridized carbons (Fsp3) is 0.133. The molecule has 3 aromatic rings. The fourth-order valence-corrected chi connectivity index (χ4v) is 1.71. The van der Waals surface area contributed by atoms with E-state index in [1.54, 1.807) is 12.1 Å². The van der Waals surface area contributed by atoms with Crippen molar-refractivity contribution < 1.29 is 16.3 Å². The largest absolute Gasteiger partial charge is 0.508 e. The monoisotopic (exact) mass is 301 g/mol. The van der Waals surface area contributed by atoms with E-state index in [0.717, 1.165) is 18.5 Å². The van der Waals surface area contributed by atoms with Gasteiger partial charge in [-0.3, -0.25) is 10.3 Å². The molecule has 0 aliphatic rings. The van der Waals surface area contributed by atoms with E-state index in [0.29, 0.717) is 11.6 Å². The van der Waals surface area contributed by atoms with E-state index in [-0.39, 0.29) is 5.48 Å². The topological polar surface area (TPSA) is 132 Å². The molecule has 2 aromatic carbocycles. The number of aromatic hydroxyl groups is 1. The van der Waals surface area contributed by atoms with Crippen molar-refractivity contribution in [1.82, 2.24) is 20.6 Å². The van der Waals surface area contributed by atoms with Crippen molar-refractivity contribution in [3.63, 3.8) is 0 Å². The van der Waals surface area contributed by atoms with E-state index in [1.165, 1.54) is 5.56 Å². The highest BCUT2D eigenvalue weighted by Crippen LogP contribution is 2.10. The third-order valence-electron chi connectivity index (χ3n) is 2.75. The maximum absolute atomic E-state index is 8.91. The van der Waals surface area contributed by atoms with Gasteiger partial charge in [-0.25, -0.2) is 0 Å². The zero-order valence-electron chi connectivity index (χ0n) is 12.1. The Morgan fingerprint density at radius 2 is 1.68 bits per heavy atom. The lowest BCUT2D eigenvalue weighted by Gasteiger charge is -1.96. The summed E-state index contributed by atoms with van der Waals surface area (Å²) in [7, 11) is 0. The second-order valence-electron chi connectivity index (χ2n) is 4.34. The second-order valence-corrected chi connectivity index (χ2v) is 4.34. The number of hydrogen-bond acceptors (Lipinski definition) is 4. The Hall–Kier alpha value is -2.77. The van der Waals surface area contributed by atoms with Gasteiger partial charge in [0.1, 0.15) is 5.75 Å². The summed E-state index contributed by atoms with van der Waals surface area (Å²) in [5.74, 6) is 0.901. The number of aromatic nitrogens is 4. The van der Waals surface area contributed by atoms with Crippen molar-refractivity contribution in [1.29, 1.82) is 0 Å². The first-order valence-electron chi connectivity index (χ1n) is 6.61. The molecule has 7 heteroatoms. The Morgan fingerprint density at radius 3 is 2.23 bits per heavy atom. The van der Waals surface area contributed by atoms with Crippen LogP contribution in [-0.2, 0) is 6.42 Å². The van der Waals surface area contributed by atoms with E-state index in [2.05, 4.69) is 26.4 Å². The molecule has 0 unspecified atom stereocenters. The molecule has 22 heavy (non-hydrogen) atoms. The molecular weight excluding hydrogens is 282 g/mol. The fourth-order valence-electron chi connectivity index (χ4n) is 1.71. The molecule has 0 atom stereocenters. The third kappa shape index (κ3) is 5.31. The van der Waals surface area contributed by atoms with Crippen molar-refractivity contribution in [2.75, 3.05) is 6.54 Å². The summed E-state index contributed by atoms with van der Waals surface area (Å²) in [6.07, 6.45) is 0.986. The highest BCUT2D eigenvalue weighted by atomic mass is 16.3. The van der Waals surface area contributed by atoms with Crippen molar-refractivity contribution in [2.45, 2.75) is 6.42 Å². The van der Waals surface area contributed by atoms with Crippen molar-refractivity contribution in [3.8, 4) is 17.1 Å². The average Bonchev–Trinajstić information content (AvgIpc) is 3.06. The van der Waals surface area contributed by atoms with Crippen LogP contribution < -0.4 is 10.8 Å². The maximum atomic E-state index is 8.91. The molecule has 0 amide bonds. The minimum atomic E-state index is 0. The van der Waals surface area contributed by atoms with Crippen LogP contribution >= 0.6 is 0 Å². The molecule has 3 rings (SSSR count). The molecule has 6 N–H and O–H groups in total. The quantitative estimate of drug-likeness (QED) is 0.694. The van der Waals surface area contributed by atoms with Crippen LogP contribution in [0.15, 0.2) is 54.6 Å². The Labute approximate surface area is 128 Å². The molecule has 1 aromatic heterocycles. The summed E-state index contributed by atoms with van der Waals surface area (Å²) >= 11 is 0. The van der Waals surface area contributed by atoms with Gasteiger partial charge in [0.05, 0.1) is 6.54 Å². The van der Waals surface area contributed by atoms with Gasteiger partial charge in [0.2, 0.25) is 0 Å². The van der Waals surface area contributed by atoms with Gasteiger partial charge in [0.25, 0.3) is 0 Å². The normalized spacial score (nSPS) is 9.32. The number of phenolic OH excluding ortho intramolecular Hbond substituents is 1. The van der Waals surface area contributed by atoms with Crippen molar-refractivity contribution >= 4 is 0 Å². The standard InChI is InChI=1S/C8H11NO.C7H5N4.H2O/c9-6-5-7-1-3-8(10)4-2-7;1-2-4-6(5-3-1)7-8-10-11-9-7;/h1-4,10H,5-6,9H2;1-5H;1H2/q;-1;/p+1. The lowest BCUT2D eigenvalue weighted by atomic mass is 10.1. The zero-order chi connectivity index (χ0) is 14.9. The van der Waals surface area contributed by atoms with Gasteiger partial charge in [0, 0.05) is 12.2 Å². The summed E-state index contributed by atoms with van der Waals surface area (Å²) in [5.41, 5.74) is 5.91. The lowest BCUT2D eigenvalue weighted by Crippen LogP contribution is -2.51. The Balaban J connectivity index is 0.000000212. The van der Waals surface area contributed by atoms with Gasteiger partial charge >= 0.3 is 0 Å². The molecule has 7 nitrogen and oxygen atoms in total. The van der Waals surface area contributed by atoms with Gasteiger partial charge in [-0.15, -0.1) is 0 Å². The van der Waals surface area contributed by atoms with Crippen LogP contribution in [0.2, 0.25) is 0 Å². The van der Waals surface area contributed by atoms with Crippen molar-refractivity contribution in [3.05, 3.63) is 60.2 Å². The highest BCUT2D eigenvalue weighted by molar-refractivity contribution is 5.52. The van der Waals surface area contributed by atoms with E-state index >= 15 is 0 Å². The van der Waals surface area contributed by atoms with E-state index in [1.807, 2.05) is 42.5 Å². The smallest absolute Gasteiger partial charge is 0.115 e. The predicted octanol–water partition coefficient (Wildman–Crippen LogP) is -0.152. The van der Waals surface area contributed by atoms with E-state index < -0.39 is 0 Å². The van der Waals surface area contributed by atoms with Gasteiger partial charge in [-0.2, -0.15) is 5.21 Å². The summed E-state index contributed by atoms with van der Waals surface area (Å²) < 4.78 is 0. The van der Waals surface area contributed by atoms with Crippen LogP contribution in [0.1, 0.15) is 5.56 Å². The van der Waals surface area contributed by atoms with Crippen LogP contribution in [0, 0.1) is 0 Å². The first kappa shape index (κ1) is 17.3. The molecule has 0 fully saturated rings. The minimum Gasteiger partial charge on any atom is -0.508 e. The number of benzene rings is 2. The Kier molecular flexibility index (Phi) is 7.24. The van der Waals surface area contributed by atoms with Crippen LogP contribution in [0.3, 0.4) is 0 Å². The number of rotatable bonds is 3. The molecule has 116 valence electrons. The van der Waals surface area contributed by atoms with Gasteiger partial charge in [0.15, 0.2) is 0 Å². The number of phenols is 1. The van der Waals surface area contributed by atoms with Crippen molar-refractivity contribution in [2.24, 2.45) is 0 Å². The highest BCUT2D eigenvalue weighted by Gasteiger charge is 1.91. The summed E-state index contributed by atoms with van der Waals surface area (Å²) in [6, 6.07) is 16.8. The predicted molar refractivity (Wildman–Crippen MR) is 81.8 cm³/mol. The Morgan fingerprint density at radius 1 is 1.00 bits per heavy atom. The molecule has 0 spiro atoms. The summed E-state index contributed by atoms with van der Waals surface area (Å²) in [5, 5.41) is 23.1. The van der Waals surface area contributed by atoms with Gasteiger partial charge in [-0.1, -0.05) is 42.5 Å². The molecule has 0 saturated carbocycles. The molecule has 0 radical (unpaired) electrons. The van der Waals surface area contributed by atoms with Crippen LogP contribution in [0.4, 0.5) is 0 Å². The molecule has 1 heterocycles. The molecule has 0 saturated heterocycles. The summed E-state index contributed by atoms with van der Waals surface area (Å²) in [6.45, 7) is 0.908. The second kappa shape index (κ2) is 9.22. The van der Waals surface area contributed by atoms with Gasteiger partial charge < -0.3 is 21.4 Å². The number of nitrogens with zero attached hydrogens (tertiary/aromatic N) is 4. The third-order valence-corrected chi connectivity index (χ3v) is 2.75. The average molecular weight is 301 g/mol. The van der Waals surface area contributed by atoms with Crippen LogP contribution in [0.5, 0.6) is 5.75 Å². The van der Waals surface area contributed by atoms with E-state index in [4.69, 9.17) is 5.11 Å². The van der Waals surface area contributed by atoms with Crippen LogP contribution in [-0.4, -0.2) is 32.7 Å². The van der Waals surface area contributed by atoms with E-state index in [9.17, 15) is 0 Å². The van der Waals surface area contributed by atoms with Gasteiger partial charge in [-0.05, 0) is 23.3 Å². The summed E-state index contributed by atoms with van der Waals surface area (Å²) in [4.78, 5) is 0. The lowest BCUT2D eigenvalue weighted by molar-refractivity contribution is -0.366. The molecule has 0 aliphatic heterocycles. The Bertz CT molecular complexity index is 627. The first-order chi connectivity index (χ1) is 10.3. The maximum Gasteiger partial charge on any atom is 0.115 e. The minimum absolute atomic E-state index is 0. The molecular formula is C15H19N5O2. The zero-order valence-corrected chi connectivity index (χ0v) is 12.1. The SMILES string of the molecule is O.[NH3+]CCc1ccc(O)cc1.c1ccc(-c2nnn[n-]2)cc1. The molecule has 0 aliphatic carbocycles. The number of hydrogen-bond donors (Lipinski definition) is 2. The number of quaternary nitrogens is 1.